The number of aromatic hydroxyl groups is 1. The Hall–Kier alpha value is -1.71. The zero-order valence-electron chi connectivity index (χ0n) is 9.22. The molecule has 0 bridgehead atoms. The van der Waals surface area contributed by atoms with Crippen molar-refractivity contribution >= 4 is 6.09 Å². The van der Waals surface area contributed by atoms with E-state index in [4.69, 9.17) is 4.74 Å². The number of para-hydroxylation sites is 1. The lowest BCUT2D eigenvalue weighted by Gasteiger charge is -2.31. The van der Waals surface area contributed by atoms with Crippen LogP contribution in [0.1, 0.15) is 25.0 Å². The molecule has 1 heterocycles. The van der Waals surface area contributed by atoms with Gasteiger partial charge in [0.25, 0.3) is 0 Å². The normalized spacial score (nSPS) is 20.7. The molecule has 1 aliphatic rings. The van der Waals surface area contributed by atoms with Gasteiger partial charge < -0.3 is 14.7 Å². The number of hydrogen-bond acceptors (Lipinski definition) is 3. The first-order valence-corrected chi connectivity index (χ1v) is 5.46. The van der Waals surface area contributed by atoms with Crippen LogP contribution in [0, 0.1) is 0 Å². The van der Waals surface area contributed by atoms with E-state index in [1.54, 1.807) is 23.1 Å². The number of phenols is 1. The number of amides is 1. The molecule has 0 aromatic heterocycles. The van der Waals surface area contributed by atoms with Crippen LogP contribution in [0.4, 0.5) is 4.79 Å². The maximum absolute atomic E-state index is 11.5. The summed E-state index contributed by atoms with van der Waals surface area (Å²) in [5.41, 5.74) is 0.687. The quantitative estimate of drug-likeness (QED) is 0.833. The molecule has 1 aromatic carbocycles. The average Bonchev–Trinajstić information content (AvgIpc) is 2.29. The summed E-state index contributed by atoms with van der Waals surface area (Å²) >= 11 is 0. The number of carbonyl (C=O) groups excluding carboxylic acids is 1. The lowest BCUT2D eigenvalue weighted by atomic mass is 10.0. The highest BCUT2D eigenvalue weighted by molar-refractivity contribution is 5.68. The van der Waals surface area contributed by atoms with E-state index in [9.17, 15) is 9.90 Å². The average molecular weight is 221 g/mol. The molecule has 0 radical (unpaired) electrons. The molecule has 1 amide bonds. The third-order valence-corrected chi connectivity index (χ3v) is 2.83. The molecule has 4 nitrogen and oxygen atoms in total. The van der Waals surface area contributed by atoms with Crippen LogP contribution in [-0.2, 0) is 4.74 Å². The van der Waals surface area contributed by atoms with Crippen LogP contribution in [0.5, 0.6) is 5.75 Å². The molecule has 16 heavy (non-hydrogen) atoms. The van der Waals surface area contributed by atoms with E-state index < -0.39 is 0 Å². The molecule has 4 heteroatoms. The van der Waals surface area contributed by atoms with Crippen molar-refractivity contribution < 1.29 is 14.6 Å². The highest BCUT2D eigenvalue weighted by Crippen LogP contribution is 2.32. The van der Waals surface area contributed by atoms with Crippen LogP contribution >= 0.6 is 0 Å². The van der Waals surface area contributed by atoms with Gasteiger partial charge in [-0.05, 0) is 13.0 Å². The van der Waals surface area contributed by atoms with E-state index in [-0.39, 0.29) is 17.9 Å². The van der Waals surface area contributed by atoms with Crippen molar-refractivity contribution in [3.63, 3.8) is 0 Å². The maximum Gasteiger partial charge on any atom is 0.410 e. The zero-order valence-corrected chi connectivity index (χ0v) is 9.22. The highest BCUT2D eigenvalue weighted by Gasteiger charge is 2.28. The molecule has 1 fully saturated rings. The molecule has 1 saturated heterocycles. The van der Waals surface area contributed by atoms with Crippen molar-refractivity contribution in [3.05, 3.63) is 29.8 Å². The van der Waals surface area contributed by atoms with Crippen LogP contribution in [0.15, 0.2) is 24.3 Å². The Labute approximate surface area is 94.4 Å². The molecular weight excluding hydrogens is 206 g/mol. The molecule has 0 saturated carbocycles. The molecule has 2 rings (SSSR count). The van der Waals surface area contributed by atoms with Crippen molar-refractivity contribution in [2.24, 2.45) is 0 Å². The summed E-state index contributed by atoms with van der Waals surface area (Å²) in [6.07, 6.45) is 0.0930. The Morgan fingerprint density at radius 1 is 1.50 bits per heavy atom. The predicted octanol–water partition coefficient (Wildman–Crippen LogP) is 2.30. The minimum absolute atomic E-state index is 0.185. The van der Waals surface area contributed by atoms with Crippen LogP contribution < -0.4 is 0 Å². The Balaban J connectivity index is 2.14. The second-order valence-corrected chi connectivity index (χ2v) is 3.80. The van der Waals surface area contributed by atoms with E-state index in [0.717, 1.165) is 6.42 Å². The number of phenolic OH excluding ortho intramolecular Hbond substituents is 1. The fourth-order valence-corrected chi connectivity index (χ4v) is 1.89. The van der Waals surface area contributed by atoms with Crippen LogP contribution in [-0.4, -0.2) is 29.2 Å². The molecule has 1 atom stereocenters. The van der Waals surface area contributed by atoms with Crippen molar-refractivity contribution in [2.45, 2.75) is 19.4 Å². The monoisotopic (exact) mass is 221 g/mol. The number of rotatable bonds is 2. The van der Waals surface area contributed by atoms with E-state index in [2.05, 4.69) is 0 Å². The van der Waals surface area contributed by atoms with Crippen molar-refractivity contribution in [1.82, 2.24) is 4.90 Å². The summed E-state index contributed by atoms with van der Waals surface area (Å²) in [5.74, 6) is 0.185. The number of nitrogens with zero attached hydrogens (tertiary/aromatic N) is 1. The van der Waals surface area contributed by atoms with Gasteiger partial charge in [0.1, 0.15) is 11.9 Å². The summed E-state index contributed by atoms with van der Waals surface area (Å²) in [6.45, 7) is 3.25. The molecule has 86 valence electrons. The fraction of sp³-hybridized carbons (Fsp3) is 0.417. The number of carbonyl (C=O) groups is 1. The number of ether oxygens (including phenoxy) is 1. The van der Waals surface area contributed by atoms with Gasteiger partial charge >= 0.3 is 6.09 Å². The van der Waals surface area contributed by atoms with E-state index in [0.29, 0.717) is 18.7 Å². The Morgan fingerprint density at radius 3 is 2.88 bits per heavy atom. The molecule has 0 spiro atoms. The minimum Gasteiger partial charge on any atom is -0.508 e. The summed E-state index contributed by atoms with van der Waals surface area (Å²) in [4.78, 5) is 13.2. The first kappa shape index (κ1) is 10.8. The molecule has 1 unspecified atom stereocenters. The van der Waals surface area contributed by atoms with Gasteiger partial charge in [-0.25, -0.2) is 4.79 Å². The molecular formula is C12H15NO3. The topological polar surface area (TPSA) is 49.8 Å². The molecule has 1 aliphatic heterocycles. The summed E-state index contributed by atoms with van der Waals surface area (Å²) in [7, 11) is 0. The van der Waals surface area contributed by atoms with E-state index >= 15 is 0 Å². The Morgan fingerprint density at radius 2 is 2.25 bits per heavy atom. The molecule has 1 aromatic rings. The lowest BCUT2D eigenvalue weighted by molar-refractivity contribution is 0.0251. The predicted molar refractivity (Wildman–Crippen MR) is 59.2 cm³/mol. The SMILES string of the molecule is CCN1CCC(c2ccccc2O)OC1=O. The third kappa shape index (κ3) is 1.96. The van der Waals surface area contributed by atoms with E-state index in [1.165, 1.54) is 0 Å². The van der Waals surface area contributed by atoms with Gasteiger partial charge in [0.05, 0.1) is 0 Å². The molecule has 0 aliphatic carbocycles. The van der Waals surface area contributed by atoms with Gasteiger partial charge in [-0.2, -0.15) is 0 Å². The Bertz CT molecular complexity index is 392. The van der Waals surface area contributed by atoms with Crippen molar-refractivity contribution in [3.8, 4) is 5.75 Å². The highest BCUT2D eigenvalue weighted by atomic mass is 16.6. The van der Waals surface area contributed by atoms with Crippen LogP contribution in [0.3, 0.4) is 0 Å². The summed E-state index contributed by atoms with van der Waals surface area (Å²) in [5, 5.41) is 9.67. The minimum atomic E-state index is -0.323. The summed E-state index contributed by atoms with van der Waals surface area (Å²) < 4.78 is 5.28. The summed E-state index contributed by atoms with van der Waals surface area (Å²) in [6, 6.07) is 6.97. The van der Waals surface area contributed by atoms with Gasteiger partial charge in [-0.1, -0.05) is 18.2 Å². The number of benzene rings is 1. The van der Waals surface area contributed by atoms with Gasteiger partial charge in [0.2, 0.25) is 0 Å². The van der Waals surface area contributed by atoms with Gasteiger partial charge in [-0.3, -0.25) is 0 Å². The molecule has 1 N–H and O–H groups in total. The van der Waals surface area contributed by atoms with Gasteiger partial charge in [-0.15, -0.1) is 0 Å². The first-order valence-electron chi connectivity index (χ1n) is 5.46. The third-order valence-electron chi connectivity index (χ3n) is 2.83. The standard InChI is InChI=1S/C12H15NO3/c1-2-13-8-7-11(16-12(13)15)9-5-3-4-6-10(9)14/h3-6,11,14H,2,7-8H2,1H3. The fourth-order valence-electron chi connectivity index (χ4n) is 1.89. The van der Waals surface area contributed by atoms with Crippen molar-refractivity contribution in [2.75, 3.05) is 13.1 Å². The smallest absolute Gasteiger partial charge is 0.410 e. The van der Waals surface area contributed by atoms with Crippen LogP contribution in [0.25, 0.3) is 0 Å². The lowest BCUT2D eigenvalue weighted by Crippen LogP contribution is -2.38. The van der Waals surface area contributed by atoms with E-state index in [1.807, 2.05) is 13.0 Å². The number of cyclic esters (lactones) is 1. The first-order chi connectivity index (χ1) is 7.72. The largest absolute Gasteiger partial charge is 0.508 e. The second kappa shape index (κ2) is 4.43. The van der Waals surface area contributed by atoms with Crippen LogP contribution in [0.2, 0.25) is 0 Å². The van der Waals surface area contributed by atoms with Gasteiger partial charge in [0.15, 0.2) is 0 Å². The Kier molecular flexibility index (Phi) is 2.99. The number of hydrogen-bond donors (Lipinski definition) is 1. The second-order valence-electron chi connectivity index (χ2n) is 3.80. The zero-order chi connectivity index (χ0) is 11.5. The van der Waals surface area contributed by atoms with Gasteiger partial charge in [0, 0.05) is 25.1 Å². The maximum atomic E-state index is 11.5. The van der Waals surface area contributed by atoms with Crippen molar-refractivity contribution in [1.29, 1.82) is 0 Å².